The fourth-order valence-corrected chi connectivity index (χ4v) is 8.87. The summed E-state index contributed by atoms with van der Waals surface area (Å²) in [6, 6.07) is 0. The second kappa shape index (κ2) is 8.24. The van der Waals surface area contributed by atoms with Gasteiger partial charge in [0, 0.05) is 6.54 Å². The van der Waals surface area contributed by atoms with E-state index in [-0.39, 0.29) is 18.1 Å². The molecule has 4 aliphatic rings. The van der Waals surface area contributed by atoms with Gasteiger partial charge >= 0.3 is 0 Å². The van der Waals surface area contributed by atoms with Gasteiger partial charge in [-0.15, -0.1) is 0 Å². The van der Waals surface area contributed by atoms with Crippen LogP contribution >= 0.6 is 0 Å². The minimum absolute atomic E-state index is 0.0797. The molecule has 170 valence electrons. The zero-order valence-electron chi connectivity index (χ0n) is 19.3. The molecule has 30 heavy (non-hydrogen) atoms. The maximum absolute atomic E-state index is 11.5. The summed E-state index contributed by atoms with van der Waals surface area (Å²) in [6.07, 6.45) is 10.8. The molecule has 4 rings (SSSR count). The molecule has 4 saturated carbocycles. The number of carbonyl (C=O) groups excluding carboxylic acids is 1. The highest BCUT2D eigenvalue weighted by Crippen LogP contribution is 2.68. The molecule has 0 saturated heterocycles. The summed E-state index contributed by atoms with van der Waals surface area (Å²) >= 11 is 0. The SMILES string of the molecule is C=CC(=O)NCC[C@@H](C)[C@H]1CC[C@H]2C3[C@H](O)CC4C[C@H](O)CCC4(C)[C@H]3CCC12C. The first-order valence-electron chi connectivity index (χ1n) is 12.5. The Morgan fingerprint density at radius 3 is 2.53 bits per heavy atom. The highest BCUT2D eigenvalue weighted by Gasteiger charge is 2.62. The number of hydrogen-bond donors (Lipinski definition) is 3. The molecule has 0 aromatic heterocycles. The molecule has 0 aromatic carbocycles. The lowest BCUT2D eigenvalue weighted by atomic mass is 9.43. The molecule has 4 fully saturated rings. The van der Waals surface area contributed by atoms with Gasteiger partial charge in [0.15, 0.2) is 0 Å². The van der Waals surface area contributed by atoms with Crippen LogP contribution in [-0.4, -0.2) is 34.9 Å². The number of aliphatic hydroxyl groups is 2. The highest BCUT2D eigenvalue weighted by atomic mass is 16.3. The third-order valence-corrected chi connectivity index (χ3v) is 10.5. The predicted octanol–water partition coefficient (Wildman–Crippen LogP) is 4.31. The van der Waals surface area contributed by atoms with Crippen molar-refractivity contribution in [2.45, 2.75) is 90.8 Å². The van der Waals surface area contributed by atoms with Crippen LogP contribution < -0.4 is 5.32 Å². The van der Waals surface area contributed by atoms with Crippen molar-refractivity contribution in [2.24, 2.45) is 46.3 Å². The predicted molar refractivity (Wildman–Crippen MR) is 120 cm³/mol. The Bertz CT molecular complexity index is 665. The fraction of sp³-hybridized carbons (Fsp3) is 0.885. The molecular formula is C26H43NO3. The van der Waals surface area contributed by atoms with E-state index >= 15 is 0 Å². The van der Waals surface area contributed by atoms with Crippen LogP contribution in [0, 0.1) is 46.3 Å². The number of nitrogens with one attached hydrogen (secondary N) is 1. The number of fused-ring (bicyclic) bond motifs is 5. The van der Waals surface area contributed by atoms with Gasteiger partial charge in [0.1, 0.15) is 0 Å². The van der Waals surface area contributed by atoms with Crippen LogP contribution in [0.4, 0.5) is 0 Å². The summed E-state index contributed by atoms with van der Waals surface area (Å²) in [5.41, 5.74) is 0.602. The number of amides is 1. The minimum atomic E-state index is -0.205. The van der Waals surface area contributed by atoms with Gasteiger partial charge in [-0.3, -0.25) is 4.79 Å². The van der Waals surface area contributed by atoms with E-state index in [1.165, 1.54) is 31.8 Å². The van der Waals surface area contributed by atoms with Crippen LogP contribution in [0.25, 0.3) is 0 Å². The molecule has 0 bridgehead atoms. The van der Waals surface area contributed by atoms with E-state index in [1.807, 2.05) is 0 Å². The normalized spacial score (nSPS) is 48.8. The smallest absolute Gasteiger partial charge is 0.243 e. The first kappa shape index (κ1) is 22.3. The van der Waals surface area contributed by atoms with Crippen molar-refractivity contribution in [2.75, 3.05) is 6.54 Å². The van der Waals surface area contributed by atoms with Gasteiger partial charge in [-0.1, -0.05) is 27.4 Å². The molecule has 0 aromatic rings. The van der Waals surface area contributed by atoms with Crippen LogP contribution in [-0.2, 0) is 4.79 Å². The van der Waals surface area contributed by atoms with E-state index < -0.39 is 0 Å². The van der Waals surface area contributed by atoms with E-state index in [4.69, 9.17) is 0 Å². The van der Waals surface area contributed by atoms with Gasteiger partial charge in [-0.05, 0) is 110 Å². The van der Waals surface area contributed by atoms with Crippen molar-refractivity contribution in [1.82, 2.24) is 5.32 Å². The van der Waals surface area contributed by atoms with Gasteiger partial charge in [0.05, 0.1) is 12.2 Å². The van der Waals surface area contributed by atoms with Crippen LogP contribution in [0.2, 0.25) is 0 Å². The standard InChI is InChI=1S/C26H43NO3/c1-5-23(30)27-13-10-16(2)19-6-7-20-24-21(9-12-26(19,20)4)25(3)11-8-18(28)14-17(25)15-22(24)29/h5,16-22,24,28-29H,1,6-15H2,2-4H3,(H,27,30)/t16-,17?,18-,19-,20+,21+,22-,24?,25?,26?/m1/s1. The van der Waals surface area contributed by atoms with Gasteiger partial charge in [0.2, 0.25) is 5.91 Å². The number of aliphatic hydroxyl groups excluding tert-OH is 2. The van der Waals surface area contributed by atoms with E-state index in [1.54, 1.807) is 0 Å². The zero-order chi connectivity index (χ0) is 21.7. The summed E-state index contributed by atoms with van der Waals surface area (Å²) in [5.74, 6) is 3.31. The lowest BCUT2D eigenvalue weighted by Gasteiger charge is -2.62. The van der Waals surface area contributed by atoms with Crippen molar-refractivity contribution in [1.29, 1.82) is 0 Å². The average molecular weight is 418 g/mol. The monoisotopic (exact) mass is 417 g/mol. The zero-order valence-corrected chi connectivity index (χ0v) is 19.3. The van der Waals surface area contributed by atoms with E-state index in [9.17, 15) is 15.0 Å². The van der Waals surface area contributed by atoms with Gasteiger partial charge in [0.25, 0.3) is 0 Å². The average Bonchev–Trinajstić information content (AvgIpc) is 3.06. The number of carbonyl (C=O) groups is 1. The second-order valence-electron chi connectivity index (χ2n) is 11.7. The molecule has 4 unspecified atom stereocenters. The van der Waals surface area contributed by atoms with E-state index in [0.29, 0.717) is 46.3 Å². The van der Waals surface area contributed by atoms with Gasteiger partial charge in [-0.25, -0.2) is 0 Å². The minimum Gasteiger partial charge on any atom is -0.393 e. The summed E-state index contributed by atoms with van der Waals surface area (Å²) in [4.78, 5) is 11.5. The second-order valence-corrected chi connectivity index (χ2v) is 11.7. The third-order valence-electron chi connectivity index (χ3n) is 10.5. The fourth-order valence-electron chi connectivity index (χ4n) is 8.87. The highest BCUT2D eigenvalue weighted by molar-refractivity contribution is 5.86. The largest absolute Gasteiger partial charge is 0.393 e. The summed E-state index contributed by atoms with van der Waals surface area (Å²) in [5, 5.41) is 24.5. The van der Waals surface area contributed by atoms with E-state index in [0.717, 1.165) is 38.6 Å². The van der Waals surface area contributed by atoms with E-state index in [2.05, 4.69) is 32.7 Å². The quantitative estimate of drug-likeness (QED) is 0.584. The van der Waals surface area contributed by atoms with Crippen molar-refractivity contribution >= 4 is 5.91 Å². The number of hydrogen-bond acceptors (Lipinski definition) is 3. The Labute approximate surface area is 182 Å². The summed E-state index contributed by atoms with van der Waals surface area (Å²) in [7, 11) is 0. The Kier molecular flexibility index (Phi) is 6.13. The Balaban J connectivity index is 1.49. The summed E-state index contributed by atoms with van der Waals surface area (Å²) < 4.78 is 0. The van der Waals surface area contributed by atoms with Crippen molar-refractivity contribution in [3.05, 3.63) is 12.7 Å². The Hall–Kier alpha value is -0.870. The summed E-state index contributed by atoms with van der Waals surface area (Å²) in [6.45, 7) is 11.6. The maximum atomic E-state index is 11.5. The Morgan fingerprint density at radius 2 is 1.80 bits per heavy atom. The molecule has 1 amide bonds. The first-order valence-corrected chi connectivity index (χ1v) is 12.5. The third kappa shape index (κ3) is 3.56. The maximum Gasteiger partial charge on any atom is 0.243 e. The van der Waals surface area contributed by atoms with Gasteiger partial charge < -0.3 is 15.5 Å². The van der Waals surface area contributed by atoms with Crippen LogP contribution in [0.5, 0.6) is 0 Å². The van der Waals surface area contributed by atoms with Crippen molar-refractivity contribution in [3.63, 3.8) is 0 Å². The first-order chi connectivity index (χ1) is 14.2. The molecule has 3 N–H and O–H groups in total. The molecule has 4 aliphatic carbocycles. The van der Waals surface area contributed by atoms with Crippen molar-refractivity contribution < 1.29 is 15.0 Å². The van der Waals surface area contributed by atoms with Gasteiger partial charge in [-0.2, -0.15) is 0 Å². The van der Waals surface area contributed by atoms with Crippen LogP contribution in [0.3, 0.4) is 0 Å². The topological polar surface area (TPSA) is 69.6 Å². The molecular weight excluding hydrogens is 374 g/mol. The Morgan fingerprint density at radius 1 is 1.10 bits per heavy atom. The number of rotatable bonds is 5. The lowest BCUT2D eigenvalue weighted by molar-refractivity contribution is -0.174. The molecule has 0 radical (unpaired) electrons. The molecule has 0 aliphatic heterocycles. The van der Waals surface area contributed by atoms with Crippen molar-refractivity contribution in [3.8, 4) is 0 Å². The molecule has 0 spiro atoms. The van der Waals surface area contributed by atoms with Crippen LogP contribution in [0.1, 0.15) is 78.6 Å². The lowest BCUT2D eigenvalue weighted by Crippen LogP contribution is -2.58. The van der Waals surface area contributed by atoms with Crippen LogP contribution in [0.15, 0.2) is 12.7 Å². The molecule has 0 heterocycles. The molecule has 4 heteroatoms. The molecule has 10 atom stereocenters. The molecule has 4 nitrogen and oxygen atoms in total.